The molecule has 1 heterocycles. The molecule has 5 heteroatoms. The van der Waals surface area contributed by atoms with Gasteiger partial charge in [-0.15, -0.1) is 0 Å². The molecule has 0 bridgehead atoms. The molecule has 0 aliphatic carbocycles. The average Bonchev–Trinajstić information content (AvgIpc) is 2.77. The van der Waals surface area contributed by atoms with Crippen molar-refractivity contribution >= 4 is 5.91 Å². The first kappa shape index (κ1) is 15.8. The van der Waals surface area contributed by atoms with Crippen LogP contribution in [0.25, 0.3) is 0 Å². The number of carbonyl (C=O) groups excluding carboxylic acids is 1. The van der Waals surface area contributed by atoms with Crippen molar-refractivity contribution in [1.29, 1.82) is 0 Å². The van der Waals surface area contributed by atoms with Crippen molar-refractivity contribution < 1.29 is 14.6 Å². The Morgan fingerprint density at radius 2 is 2.19 bits per heavy atom. The zero-order valence-corrected chi connectivity index (χ0v) is 13.2. The minimum atomic E-state index is -0.449. The third-order valence-corrected chi connectivity index (χ3v) is 3.81. The zero-order valence-electron chi connectivity index (χ0n) is 13.2. The van der Waals surface area contributed by atoms with Crippen LogP contribution < -0.4 is 4.74 Å². The quantitative estimate of drug-likeness (QED) is 0.904. The van der Waals surface area contributed by atoms with E-state index in [0.29, 0.717) is 24.3 Å². The molecule has 116 valence electrons. The number of β-amino-alcohol motifs (C(OH)–C–C–N with tert-alkyl or cyclic N) is 1. The Balaban J connectivity index is 2.27. The standard InChI is InChI=1S/C16H24N2O3/c1-11-5-6-15(21-4)14(7-11)16(20)18-10-13(19)8-12(18)9-17(2)3/h5-7,12-13,19H,8-10H2,1-4H3. The number of ether oxygens (including phenoxy) is 1. The summed E-state index contributed by atoms with van der Waals surface area (Å²) in [7, 11) is 5.51. The summed E-state index contributed by atoms with van der Waals surface area (Å²) in [6.07, 6.45) is 0.174. The number of hydrogen-bond acceptors (Lipinski definition) is 4. The van der Waals surface area contributed by atoms with Crippen LogP contribution in [0.5, 0.6) is 5.75 Å². The number of likely N-dealkylation sites (tertiary alicyclic amines) is 1. The fourth-order valence-electron chi connectivity index (χ4n) is 2.88. The van der Waals surface area contributed by atoms with Crippen molar-refractivity contribution in [2.24, 2.45) is 0 Å². The van der Waals surface area contributed by atoms with Crippen LogP contribution in [0.15, 0.2) is 18.2 Å². The van der Waals surface area contributed by atoms with Crippen molar-refractivity contribution in [2.75, 3.05) is 34.3 Å². The van der Waals surface area contributed by atoms with Gasteiger partial charge < -0.3 is 19.6 Å². The predicted molar refractivity (Wildman–Crippen MR) is 81.7 cm³/mol. The SMILES string of the molecule is COc1ccc(C)cc1C(=O)N1CC(O)CC1CN(C)C. The van der Waals surface area contributed by atoms with Crippen LogP contribution in [-0.2, 0) is 0 Å². The molecule has 2 unspecified atom stereocenters. The predicted octanol–water partition coefficient (Wildman–Crippen LogP) is 1.14. The molecule has 1 fully saturated rings. The number of rotatable bonds is 4. The second kappa shape index (κ2) is 6.45. The maximum Gasteiger partial charge on any atom is 0.258 e. The number of benzene rings is 1. The molecule has 1 amide bonds. The number of aryl methyl sites for hydroxylation is 1. The van der Waals surface area contributed by atoms with Crippen molar-refractivity contribution in [2.45, 2.75) is 25.5 Å². The largest absolute Gasteiger partial charge is 0.496 e. The van der Waals surface area contributed by atoms with E-state index in [4.69, 9.17) is 4.74 Å². The number of hydrogen-bond donors (Lipinski definition) is 1. The normalized spacial score (nSPS) is 21.9. The topological polar surface area (TPSA) is 53.0 Å². The van der Waals surface area contributed by atoms with E-state index in [0.717, 1.165) is 12.1 Å². The van der Waals surface area contributed by atoms with Gasteiger partial charge in [-0.05, 0) is 39.6 Å². The first-order valence-corrected chi connectivity index (χ1v) is 7.20. The zero-order chi connectivity index (χ0) is 15.6. The minimum absolute atomic E-state index is 0.0349. The Bertz CT molecular complexity index is 516. The molecule has 1 aromatic rings. The van der Waals surface area contributed by atoms with Crippen LogP contribution >= 0.6 is 0 Å². The molecule has 2 rings (SSSR count). The summed E-state index contributed by atoms with van der Waals surface area (Å²) >= 11 is 0. The molecular formula is C16H24N2O3. The van der Waals surface area contributed by atoms with Gasteiger partial charge in [-0.25, -0.2) is 0 Å². The number of likely N-dealkylation sites (N-methyl/N-ethyl adjacent to an activating group) is 1. The third kappa shape index (κ3) is 3.54. The Morgan fingerprint density at radius 1 is 1.48 bits per heavy atom. The maximum absolute atomic E-state index is 12.8. The lowest BCUT2D eigenvalue weighted by atomic mass is 10.1. The van der Waals surface area contributed by atoms with Gasteiger partial charge in [0, 0.05) is 19.1 Å². The van der Waals surface area contributed by atoms with Gasteiger partial charge in [0.05, 0.1) is 18.8 Å². The van der Waals surface area contributed by atoms with Crippen LogP contribution in [0.3, 0.4) is 0 Å². The molecular weight excluding hydrogens is 268 g/mol. The molecule has 21 heavy (non-hydrogen) atoms. The van der Waals surface area contributed by atoms with Crippen LogP contribution in [0.1, 0.15) is 22.3 Å². The second-order valence-electron chi connectivity index (χ2n) is 5.97. The number of aliphatic hydroxyl groups is 1. The average molecular weight is 292 g/mol. The van der Waals surface area contributed by atoms with Crippen molar-refractivity contribution in [1.82, 2.24) is 9.80 Å². The Morgan fingerprint density at radius 3 is 2.81 bits per heavy atom. The summed E-state index contributed by atoms with van der Waals surface area (Å²) in [4.78, 5) is 16.6. The van der Waals surface area contributed by atoms with Gasteiger partial charge in [-0.1, -0.05) is 11.6 Å². The molecule has 1 aliphatic heterocycles. The lowest BCUT2D eigenvalue weighted by Gasteiger charge is -2.27. The summed E-state index contributed by atoms with van der Waals surface area (Å²) in [6, 6.07) is 5.62. The van der Waals surface area contributed by atoms with Crippen molar-refractivity contribution in [3.8, 4) is 5.75 Å². The van der Waals surface area contributed by atoms with Crippen molar-refractivity contribution in [3.05, 3.63) is 29.3 Å². The van der Waals surface area contributed by atoms with Gasteiger partial charge in [-0.2, -0.15) is 0 Å². The number of methoxy groups -OCH3 is 1. The van der Waals surface area contributed by atoms with E-state index >= 15 is 0 Å². The van der Waals surface area contributed by atoms with Gasteiger partial charge in [0.15, 0.2) is 0 Å². The van der Waals surface area contributed by atoms with E-state index in [9.17, 15) is 9.90 Å². The van der Waals surface area contributed by atoms with Crippen LogP contribution in [0.2, 0.25) is 0 Å². The molecule has 0 saturated carbocycles. The second-order valence-corrected chi connectivity index (χ2v) is 5.97. The first-order valence-electron chi connectivity index (χ1n) is 7.20. The van der Waals surface area contributed by atoms with Crippen LogP contribution in [-0.4, -0.2) is 67.3 Å². The van der Waals surface area contributed by atoms with Gasteiger partial charge in [0.2, 0.25) is 0 Å². The van der Waals surface area contributed by atoms with E-state index in [1.165, 1.54) is 0 Å². The highest BCUT2D eigenvalue weighted by molar-refractivity contribution is 5.97. The fourth-order valence-corrected chi connectivity index (χ4v) is 2.88. The van der Waals surface area contributed by atoms with E-state index in [1.807, 2.05) is 44.1 Å². The Kier molecular flexibility index (Phi) is 4.85. The van der Waals surface area contributed by atoms with Gasteiger partial charge in [-0.3, -0.25) is 4.79 Å². The smallest absolute Gasteiger partial charge is 0.258 e. The van der Waals surface area contributed by atoms with Crippen LogP contribution in [0, 0.1) is 6.92 Å². The number of nitrogens with zero attached hydrogens (tertiary/aromatic N) is 2. The highest BCUT2D eigenvalue weighted by atomic mass is 16.5. The molecule has 2 atom stereocenters. The lowest BCUT2D eigenvalue weighted by molar-refractivity contribution is 0.0695. The molecule has 1 aliphatic rings. The monoisotopic (exact) mass is 292 g/mol. The van der Waals surface area contributed by atoms with Gasteiger partial charge in [0.25, 0.3) is 5.91 Å². The van der Waals surface area contributed by atoms with Gasteiger partial charge >= 0.3 is 0 Å². The maximum atomic E-state index is 12.8. The summed E-state index contributed by atoms with van der Waals surface area (Å²) in [5.41, 5.74) is 1.58. The number of aliphatic hydroxyl groups excluding tert-OH is 1. The number of amides is 1. The van der Waals surface area contributed by atoms with E-state index in [-0.39, 0.29) is 11.9 Å². The molecule has 0 radical (unpaired) electrons. The highest BCUT2D eigenvalue weighted by Gasteiger charge is 2.35. The first-order chi connectivity index (χ1) is 9.92. The molecule has 0 spiro atoms. The fraction of sp³-hybridized carbons (Fsp3) is 0.562. The van der Waals surface area contributed by atoms with Crippen LogP contribution in [0.4, 0.5) is 0 Å². The minimum Gasteiger partial charge on any atom is -0.496 e. The van der Waals surface area contributed by atoms with Crippen molar-refractivity contribution in [3.63, 3.8) is 0 Å². The van der Waals surface area contributed by atoms with E-state index < -0.39 is 6.10 Å². The highest BCUT2D eigenvalue weighted by Crippen LogP contribution is 2.26. The number of carbonyl (C=O) groups is 1. The third-order valence-electron chi connectivity index (χ3n) is 3.81. The molecule has 1 aromatic carbocycles. The summed E-state index contributed by atoms with van der Waals surface area (Å²) in [6.45, 7) is 3.08. The van der Waals surface area contributed by atoms with E-state index in [1.54, 1.807) is 12.0 Å². The summed E-state index contributed by atoms with van der Waals surface area (Å²) in [5.74, 6) is 0.509. The summed E-state index contributed by atoms with van der Waals surface area (Å²) in [5, 5.41) is 9.92. The molecule has 5 nitrogen and oxygen atoms in total. The van der Waals surface area contributed by atoms with Gasteiger partial charge in [0.1, 0.15) is 5.75 Å². The molecule has 1 N–H and O–H groups in total. The lowest BCUT2D eigenvalue weighted by Crippen LogP contribution is -2.41. The molecule has 0 aromatic heterocycles. The van der Waals surface area contributed by atoms with E-state index in [2.05, 4.69) is 0 Å². The Hall–Kier alpha value is -1.59. The molecule has 1 saturated heterocycles. The Labute approximate surface area is 126 Å². The summed E-state index contributed by atoms with van der Waals surface area (Å²) < 4.78 is 5.30.